The van der Waals surface area contributed by atoms with E-state index in [0.29, 0.717) is 17.1 Å². The minimum Gasteiger partial charge on any atom is -0.484 e. The van der Waals surface area contributed by atoms with Crippen molar-refractivity contribution in [1.29, 1.82) is 0 Å². The topological polar surface area (TPSA) is 99.7 Å². The van der Waals surface area contributed by atoms with Crippen LogP contribution in [-0.4, -0.2) is 66.7 Å². The van der Waals surface area contributed by atoms with E-state index in [9.17, 15) is 9.59 Å². The summed E-state index contributed by atoms with van der Waals surface area (Å²) < 4.78 is 5.51. The summed E-state index contributed by atoms with van der Waals surface area (Å²) in [4.78, 5) is 27.9. The normalized spacial score (nSPS) is 13.9. The van der Waals surface area contributed by atoms with Gasteiger partial charge in [0.1, 0.15) is 5.75 Å². The van der Waals surface area contributed by atoms with E-state index >= 15 is 0 Å². The van der Waals surface area contributed by atoms with Crippen LogP contribution in [0.1, 0.15) is 6.92 Å². The molecule has 2 aromatic carbocycles. The Morgan fingerprint density at radius 3 is 2.12 bits per heavy atom. The number of hydrogen-bond acceptors (Lipinski definition) is 7. The van der Waals surface area contributed by atoms with Gasteiger partial charge >= 0.3 is 0 Å². The number of benzene rings is 2. The van der Waals surface area contributed by atoms with Gasteiger partial charge in [-0.3, -0.25) is 9.59 Å². The number of carbonyl (C=O) groups is 2. The first-order valence-electron chi connectivity index (χ1n) is 11.1. The lowest BCUT2D eigenvalue weighted by Gasteiger charge is -2.32. The molecule has 2 N–H and O–H groups in total. The minimum absolute atomic E-state index is 0.125. The van der Waals surface area contributed by atoms with E-state index in [-0.39, 0.29) is 18.4 Å². The zero-order valence-electron chi connectivity index (χ0n) is 19.3. The van der Waals surface area contributed by atoms with E-state index < -0.39 is 0 Å². The standard InChI is InChI=1S/C25H28N6O3/c1-18(32)26-20-7-9-22(10-8-20)34-17-25(33)27-21-5-3-19(4-6-21)23-11-12-24(29-28-23)31-15-13-30(2)14-16-31/h3-12H,13-17H2,1-2H3,(H,26,32)(H,27,33). The van der Waals surface area contributed by atoms with Crippen LogP contribution in [0.4, 0.5) is 17.2 Å². The molecule has 0 saturated carbocycles. The van der Waals surface area contributed by atoms with Crippen LogP contribution >= 0.6 is 0 Å². The summed E-state index contributed by atoms with van der Waals surface area (Å²) in [6.07, 6.45) is 0. The van der Waals surface area contributed by atoms with Gasteiger partial charge in [0.05, 0.1) is 5.69 Å². The van der Waals surface area contributed by atoms with E-state index in [2.05, 4.69) is 37.7 Å². The number of piperazine rings is 1. The van der Waals surface area contributed by atoms with Gasteiger partial charge in [-0.2, -0.15) is 0 Å². The quantitative estimate of drug-likeness (QED) is 0.559. The molecule has 0 aliphatic carbocycles. The van der Waals surface area contributed by atoms with Crippen LogP contribution in [0.15, 0.2) is 60.7 Å². The maximum atomic E-state index is 12.2. The van der Waals surface area contributed by atoms with Crippen LogP contribution in [0.5, 0.6) is 5.75 Å². The molecule has 0 atom stereocenters. The van der Waals surface area contributed by atoms with E-state index in [1.807, 2.05) is 36.4 Å². The number of amides is 2. The second kappa shape index (κ2) is 10.8. The van der Waals surface area contributed by atoms with Crippen LogP contribution in [-0.2, 0) is 9.59 Å². The lowest BCUT2D eigenvalue weighted by atomic mass is 10.1. The van der Waals surface area contributed by atoms with Gasteiger partial charge in [-0.1, -0.05) is 12.1 Å². The molecule has 2 heterocycles. The Kier molecular flexibility index (Phi) is 7.34. The van der Waals surface area contributed by atoms with Gasteiger partial charge in [-0.25, -0.2) is 0 Å². The molecular weight excluding hydrogens is 432 g/mol. The van der Waals surface area contributed by atoms with Gasteiger partial charge in [0, 0.05) is 50.0 Å². The zero-order chi connectivity index (χ0) is 23.9. The lowest BCUT2D eigenvalue weighted by molar-refractivity contribution is -0.118. The Hall–Kier alpha value is -3.98. The summed E-state index contributed by atoms with van der Waals surface area (Å²) in [5, 5.41) is 14.3. The summed E-state index contributed by atoms with van der Waals surface area (Å²) >= 11 is 0. The van der Waals surface area contributed by atoms with Crippen molar-refractivity contribution in [3.8, 4) is 17.0 Å². The maximum Gasteiger partial charge on any atom is 0.262 e. The molecule has 0 radical (unpaired) electrons. The molecule has 3 aromatic rings. The molecule has 176 valence electrons. The highest BCUT2D eigenvalue weighted by Crippen LogP contribution is 2.21. The van der Waals surface area contributed by atoms with Crippen molar-refractivity contribution in [2.24, 2.45) is 0 Å². The third kappa shape index (κ3) is 6.29. The monoisotopic (exact) mass is 460 g/mol. The summed E-state index contributed by atoms with van der Waals surface area (Å²) in [6, 6.07) is 18.3. The molecule has 1 aliphatic rings. The number of aromatic nitrogens is 2. The lowest BCUT2D eigenvalue weighted by Crippen LogP contribution is -2.44. The number of nitrogens with one attached hydrogen (secondary N) is 2. The molecular formula is C25H28N6O3. The predicted octanol–water partition coefficient (Wildman–Crippen LogP) is 2.87. The Labute approximate surface area is 198 Å². The summed E-state index contributed by atoms with van der Waals surface area (Å²) in [5.41, 5.74) is 3.04. The largest absolute Gasteiger partial charge is 0.484 e. The van der Waals surface area contributed by atoms with Crippen molar-refractivity contribution in [3.63, 3.8) is 0 Å². The van der Waals surface area contributed by atoms with Gasteiger partial charge in [0.25, 0.3) is 5.91 Å². The van der Waals surface area contributed by atoms with Crippen LogP contribution in [0.25, 0.3) is 11.3 Å². The van der Waals surface area contributed by atoms with E-state index in [1.54, 1.807) is 24.3 Å². The average Bonchev–Trinajstić information content (AvgIpc) is 2.84. The van der Waals surface area contributed by atoms with Crippen molar-refractivity contribution >= 4 is 29.0 Å². The fourth-order valence-electron chi connectivity index (χ4n) is 3.59. The van der Waals surface area contributed by atoms with Gasteiger partial charge in [0.2, 0.25) is 5.91 Å². The molecule has 1 aromatic heterocycles. The second-order valence-corrected chi connectivity index (χ2v) is 8.19. The molecule has 9 heteroatoms. The van der Waals surface area contributed by atoms with Crippen LogP contribution in [0.3, 0.4) is 0 Å². The Morgan fingerprint density at radius 2 is 1.50 bits per heavy atom. The van der Waals surface area contributed by atoms with Crippen molar-refractivity contribution in [1.82, 2.24) is 15.1 Å². The smallest absolute Gasteiger partial charge is 0.262 e. The fraction of sp³-hybridized carbons (Fsp3) is 0.280. The zero-order valence-corrected chi connectivity index (χ0v) is 19.3. The fourth-order valence-corrected chi connectivity index (χ4v) is 3.59. The van der Waals surface area contributed by atoms with Gasteiger partial charge in [-0.15, -0.1) is 10.2 Å². The first-order valence-corrected chi connectivity index (χ1v) is 11.1. The highest BCUT2D eigenvalue weighted by atomic mass is 16.5. The molecule has 4 rings (SSSR count). The molecule has 0 spiro atoms. The molecule has 2 amide bonds. The van der Waals surface area contributed by atoms with Crippen LogP contribution < -0.4 is 20.3 Å². The highest BCUT2D eigenvalue weighted by Gasteiger charge is 2.15. The molecule has 34 heavy (non-hydrogen) atoms. The van der Waals surface area contributed by atoms with Crippen molar-refractivity contribution in [3.05, 3.63) is 60.7 Å². The van der Waals surface area contributed by atoms with E-state index in [0.717, 1.165) is 43.3 Å². The SMILES string of the molecule is CC(=O)Nc1ccc(OCC(=O)Nc2ccc(-c3ccc(N4CCN(C)CC4)nn3)cc2)cc1. The first-order chi connectivity index (χ1) is 16.5. The Bertz CT molecular complexity index is 1110. The number of nitrogens with zero attached hydrogens (tertiary/aromatic N) is 4. The van der Waals surface area contributed by atoms with Crippen molar-refractivity contribution < 1.29 is 14.3 Å². The van der Waals surface area contributed by atoms with Gasteiger partial charge < -0.3 is 25.2 Å². The van der Waals surface area contributed by atoms with Crippen LogP contribution in [0.2, 0.25) is 0 Å². The minimum atomic E-state index is -0.269. The van der Waals surface area contributed by atoms with Crippen molar-refractivity contribution in [2.75, 3.05) is 55.4 Å². The molecule has 0 unspecified atom stereocenters. The highest BCUT2D eigenvalue weighted by molar-refractivity contribution is 5.92. The van der Waals surface area contributed by atoms with E-state index in [4.69, 9.17) is 4.74 Å². The number of hydrogen-bond donors (Lipinski definition) is 2. The average molecular weight is 461 g/mol. The second-order valence-electron chi connectivity index (χ2n) is 8.19. The number of carbonyl (C=O) groups excluding carboxylic acids is 2. The summed E-state index contributed by atoms with van der Waals surface area (Å²) in [7, 11) is 2.13. The molecule has 1 fully saturated rings. The number of anilines is 3. The first kappa shape index (κ1) is 23.2. The van der Waals surface area contributed by atoms with E-state index in [1.165, 1.54) is 6.92 Å². The third-order valence-corrected chi connectivity index (χ3v) is 5.49. The number of ether oxygens (including phenoxy) is 1. The van der Waals surface area contributed by atoms with Crippen LogP contribution in [0, 0.1) is 0 Å². The van der Waals surface area contributed by atoms with Gasteiger partial charge in [-0.05, 0) is 55.6 Å². The summed E-state index contributed by atoms with van der Waals surface area (Å²) in [6.45, 7) is 5.26. The number of rotatable bonds is 7. The summed E-state index contributed by atoms with van der Waals surface area (Å²) in [5.74, 6) is 1.02. The molecule has 1 saturated heterocycles. The molecule has 1 aliphatic heterocycles. The predicted molar refractivity (Wildman–Crippen MR) is 132 cm³/mol. The Morgan fingerprint density at radius 1 is 0.853 bits per heavy atom. The number of likely N-dealkylation sites (N-methyl/N-ethyl adjacent to an activating group) is 1. The maximum absolute atomic E-state index is 12.2. The van der Waals surface area contributed by atoms with Gasteiger partial charge in [0.15, 0.2) is 12.4 Å². The Balaban J connectivity index is 1.27. The third-order valence-electron chi connectivity index (χ3n) is 5.49. The molecule has 0 bridgehead atoms. The van der Waals surface area contributed by atoms with Crippen molar-refractivity contribution in [2.45, 2.75) is 6.92 Å². The molecule has 9 nitrogen and oxygen atoms in total.